The molecule has 30 heavy (non-hydrogen) atoms. The first-order valence-corrected chi connectivity index (χ1v) is 9.60. The minimum atomic E-state index is -4.44. The summed E-state index contributed by atoms with van der Waals surface area (Å²) in [5, 5.41) is 4.17. The van der Waals surface area contributed by atoms with Crippen LogP contribution in [-0.2, 0) is 6.18 Å². The van der Waals surface area contributed by atoms with Crippen LogP contribution in [0.3, 0.4) is 0 Å². The van der Waals surface area contributed by atoms with Crippen molar-refractivity contribution >= 4 is 11.5 Å². The minimum absolute atomic E-state index is 0.172. The Morgan fingerprint density at radius 2 is 1.83 bits per heavy atom. The Morgan fingerprint density at radius 1 is 1.07 bits per heavy atom. The zero-order chi connectivity index (χ0) is 21.3. The van der Waals surface area contributed by atoms with Crippen molar-refractivity contribution in [2.45, 2.75) is 19.5 Å². The van der Waals surface area contributed by atoms with Gasteiger partial charge in [-0.25, -0.2) is 4.68 Å². The Labute approximate surface area is 172 Å². The van der Waals surface area contributed by atoms with E-state index in [1.165, 1.54) is 22.5 Å². The minimum Gasteiger partial charge on any atom is -0.334 e. The van der Waals surface area contributed by atoms with Gasteiger partial charge in [0.2, 0.25) is 0 Å². The van der Waals surface area contributed by atoms with Gasteiger partial charge in [0.15, 0.2) is 0 Å². The van der Waals surface area contributed by atoms with Crippen LogP contribution < -0.4 is 0 Å². The first-order chi connectivity index (χ1) is 14.3. The number of hydrogen-bond donors (Lipinski definition) is 0. The molecule has 7 heteroatoms. The van der Waals surface area contributed by atoms with Crippen LogP contribution in [0.4, 0.5) is 13.2 Å². The third-order valence-corrected chi connectivity index (χ3v) is 5.30. The second kappa shape index (κ2) is 7.82. The maximum absolute atomic E-state index is 13.0. The van der Waals surface area contributed by atoms with Crippen LogP contribution in [0, 0.1) is 6.92 Å². The average Bonchev–Trinajstić information content (AvgIpc) is 3.15. The Hall–Kier alpha value is -3.35. The number of benzene rings is 2. The lowest BCUT2D eigenvalue weighted by molar-refractivity contribution is -0.137. The fourth-order valence-electron chi connectivity index (χ4n) is 3.63. The van der Waals surface area contributed by atoms with E-state index in [-0.39, 0.29) is 11.6 Å². The normalized spacial score (nSPS) is 14.5. The van der Waals surface area contributed by atoms with E-state index in [0.29, 0.717) is 24.3 Å². The highest BCUT2D eigenvalue weighted by atomic mass is 19.4. The van der Waals surface area contributed by atoms with Crippen LogP contribution in [0.25, 0.3) is 11.3 Å². The van der Waals surface area contributed by atoms with Crippen molar-refractivity contribution < 1.29 is 18.0 Å². The molecule has 4 nitrogen and oxygen atoms in total. The Morgan fingerprint density at radius 3 is 2.50 bits per heavy atom. The number of carbonyl (C=O) groups excluding carboxylic acids is 1. The van der Waals surface area contributed by atoms with Crippen LogP contribution in [0.15, 0.2) is 66.9 Å². The van der Waals surface area contributed by atoms with E-state index >= 15 is 0 Å². The summed E-state index contributed by atoms with van der Waals surface area (Å²) in [6.45, 7) is 2.75. The summed E-state index contributed by atoms with van der Waals surface area (Å²) >= 11 is 0. The molecule has 0 spiro atoms. The van der Waals surface area contributed by atoms with Crippen LogP contribution in [0.1, 0.15) is 33.6 Å². The lowest BCUT2D eigenvalue weighted by Gasteiger charge is -2.26. The average molecular weight is 411 g/mol. The molecule has 0 radical (unpaired) electrons. The van der Waals surface area contributed by atoms with Crippen molar-refractivity contribution in [3.63, 3.8) is 0 Å². The molecule has 2 heterocycles. The number of carbonyl (C=O) groups is 1. The molecule has 1 aliphatic rings. The quantitative estimate of drug-likeness (QED) is 0.599. The molecule has 154 valence electrons. The van der Waals surface area contributed by atoms with Crippen molar-refractivity contribution in [2.24, 2.45) is 0 Å². The van der Waals surface area contributed by atoms with Gasteiger partial charge in [-0.1, -0.05) is 42.5 Å². The van der Waals surface area contributed by atoms with Crippen LogP contribution in [0.5, 0.6) is 0 Å². The molecule has 0 unspecified atom stereocenters. The molecule has 0 atom stereocenters. The van der Waals surface area contributed by atoms with E-state index in [9.17, 15) is 18.0 Å². The third-order valence-electron chi connectivity index (χ3n) is 5.30. The Balaban J connectivity index is 1.55. The van der Waals surface area contributed by atoms with Crippen molar-refractivity contribution in [1.82, 2.24) is 14.7 Å². The van der Waals surface area contributed by atoms with E-state index in [0.717, 1.165) is 24.1 Å². The predicted molar refractivity (Wildman–Crippen MR) is 108 cm³/mol. The molecular weight excluding hydrogens is 391 g/mol. The van der Waals surface area contributed by atoms with E-state index in [1.54, 1.807) is 17.9 Å². The summed E-state index contributed by atoms with van der Waals surface area (Å²) in [5.41, 5.74) is 2.78. The monoisotopic (exact) mass is 411 g/mol. The third kappa shape index (κ3) is 3.87. The van der Waals surface area contributed by atoms with Crippen LogP contribution >= 0.6 is 0 Å². The van der Waals surface area contributed by atoms with Gasteiger partial charge in [0.05, 0.1) is 28.7 Å². The van der Waals surface area contributed by atoms with Crippen molar-refractivity contribution in [1.29, 1.82) is 0 Å². The van der Waals surface area contributed by atoms with E-state index in [1.807, 2.05) is 36.4 Å². The number of aromatic nitrogens is 2. The standard InChI is InChI=1S/C23H20F3N3O/c1-16-21(15-27-29(16)20-9-5-8-19(14-20)23(24,25)26)22(30)28-12-10-18(11-13-28)17-6-3-2-4-7-17/h2-10,14-15H,11-13H2,1H3. The highest BCUT2D eigenvalue weighted by Gasteiger charge is 2.31. The summed E-state index contributed by atoms with van der Waals surface area (Å²) < 4.78 is 40.4. The lowest BCUT2D eigenvalue weighted by Crippen LogP contribution is -2.34. The molecule has 1 aliphatic heterocycles. The van der Waals surface area contributed by atoms with Gasteiger partial charge in [0, 0.05) is 13.1 Å². The van der Waals surface area contributed by atoms with Gasteiger partial charge in [-0.15, -0.1) is 0 Å². The van der Waals surface area contributed by atoms with Crippen molar-refractivity contribution in [2.75, 3.05) is 13.1 Å². The van der Waals surface area contributed by atoms with Gasteiger partial charge in [0.25, 0.3) is 5.91 Å². The molecule has 2 aromatic carbocycles. The largest absolute Gasteiger partial charge is 0.416 e. The van der Waals surface area contributed by atoms with Gasteiger partial charge >= 0.3 is 6.18 Å². The number of hydrogen-bond acceptors (Lipinski definition) is 2. The molecule has 0 saturated heterocycles. The molecule has 0 aliphatic carbocycles. The van der Waals surface area contributed by atoms with E-state index in [4.69, 9.17) is 0 Å². The van der Waals surface area contributed by atoms with E-state index < -0.39 is 11.7 Å². The number of halogens is 3. The molecule has 1 aromatic heterocycles. The smallest absolute Gasteiger partial charge is 0.334 e. The second-order valence-electron chi connectivity index (χ2n) is 7.20. The van der Waals surface area contributed by atoms with Crippen molar-refractivity contribution in [3.8, 4) is 5.69 Å². The molecular formula is C23H20F3N3O. The predicted octanol–water partition coefficient (Wildman–Crippen LogP) is 5.13. The van der Waals surface area contributed by atoms with Gasteiger partial charge < -0.3 is 4.90 Å². The number of nitrogens with zero attached hydrogens (tertiary/aromatic N) is 3. The molecule has 0 N–H and O–H groups in total. The topological polar surface area (TPSA) is 38.1 Å². The summed E-state index contributed by atoms with van der Waals surface area (Å²) in [5.74, 6) is -0.172. The SMILES string of the molecule is Cc1c(C(=O)N2CC=C(c3ccccc3)CC2)cnn1-c1cccc(C(F)(F)F)c1. The molecule has 1 amide bonds. The maximum atomic E-state index is 13.0. The van der Waals surface area contributed by atoms with Crippen LogP contribution in [0.2, 0.25) is 0 Å². The first-order valence-electron chi connectivity index (χ1n) is 9.60. The summed E-state index contributed by atoms with van der Waals surface area (Å²) in [6.07, 6.45) is -0.222. The lowest BCUT2D eigenvalue weighted by atomic mass is 9.99. The summed E-state index contributed by atoms with van der Waals surface area (Å²) in [6, 6.07) is 15.0. The zero-order valence-corrected chi connectivity index (χ0v) is 16.4. The number of amides is 1. The maximum Gasteiger partial charge on any atom is 0.416 e. The fraction of sp³-hybridized carbons (Fsp3) is 0.217. The molecule has 0 fully saturated rings. The molecule has 0 bridgehead atoms. The Kier molecular flexibility index (Phi) is 5.20. The number of alkyl halides is 3. The highest BCUT2D eigenvalue weighted by molar-refractivity contribution is 5.95. The van der Waals surface area contributed by atoms with Gasteiger partial charge in [0.1, 0.15) is 0 Å². The van der Waals surface area contributed by atoms with Gasteiger partial charge in [-0.05, 0) is 42.7 Å². The summed E-state index contributed by atoms with van der Waals surface area (Å²) in [7, 11) is 0. The first kappa shape index (κ1) is 19.9. The molecule has 3 aromatic rings. The summed E-state index contributed by atoms with van der Waals surface area (Å²) in [4.78, 5) is 14.7. The molecule has 4 rings (SSSR count). The zero-order valence-electron chi connectivity index (χ0n) is 16.4. The number of rotatable bonds is 3. The van der Waals surface area contributed by atoms with Crippen LogP contribution in [-0.4, -0.2) is 33.7 Å². The second-order valence-corrected chi connectivity index (χ2v) is 7.20. The molecule has 0 saturated carbocycles. The van der Waals surface area contributed by atoms with Gasteiger partial charge in [-0.3, -0.25) is 4.79 Å². The highest BCUT2D eigenvalue weighted by Crippen LogP contribution is 2.31. The van der Waals surface area contributed by atoms with E-state index in [2.05, 4.69) is 5.10 Å². The Bertz CT molecular complexity index is 1100. The fourth-order valence-corrected chi connectivity index (χ4v) is 3.63. The van der Waals surface area contributed by atoms with Gasteiger partial charge in [-0.2, -0.15) is 18.3 Å². The van der Waals surface area contributed by atoms with Crippen molar-refractivity contribution in [3.05, 3.63) is 89.3 Å².